The van der Waals surface area contributed by atoms with E-state index < -0.39 is 0 Å². The Morgan fingerprint density at radius 1 is 1.05 bits per heavy atom. The number of aromatic nitrogens is 2. The van der Waals surface area contributed by atoms with E-state index in [1.54, 1.807) is 6.20 Å². The molecule has 19 heavy (non-hydrogen) atoms. The van der Waals surface area contributed by atoms with E-state index in [0.717, 1.165) is 11.5 Å². The molecule has 3 rings (SSSR count). The third-order valence-electron chi connectivity index (χ3n) is 4.08. The Hall–Kier alpha value is -1.74. The highest BCUT2D eigenvalue weighted by Gasteiger charge is 2.20. The predicted molar refractivity (Wildman–Crippen MR) is 76.0 cm³/mol. The van der Waals surface area contributed by atoms with E-state index in [-0.39, 0.29) is 6.04 Å². The van der Waals surface area contributed by atoms with Gasteiger partial charge in [-0.3, -0.25) is 0 Å². The Bertz CT molecular complexity index is 517. The zero-order chi connectivity index (χ0) is 13.1. The maximum absolute atomic E-state index is 3.96. The molecule has 0 saturated heterocycles. The van der Waals surface area contributed by atoms with Gasteiger partial charge in [0.05, 0.1) is 12.2 Å². The molecule has 1 aliphatic carbocycles. The van der Waals surface area contributed by atoms with Crippen molar-refractivity contribution in [1.82, 2.24) is 15.5 Å². The number of hydrogen-bond acceptors (Lipinski definition) is 3. The molecule has 0 radical (unpaired) electrons. The summed E-state index contributed by atoms with van der Waals surface area (Å²) in [4.78, 5) is 0. The van der Waals surface area contributed by atoms with E-state index in [4.69, 9.17) is 0 Å². The Morgan fingerprint density at radius 3 is 2.37 bits per heavy atom. The molecule has 98 valence electrons. The van der Waals surface area contributed by atoms with Crippen LogP contribution in [0.4, 0.5) is 0 Å². The second kappa shape index (κ2) is 5.49. The van der Waals surface area contributed by atoms with Crippen molar-refractivity contribution in [2.75, 3.05) is 7.05 Å². The second-order valence-electron chi connectivity index (χ2n) is 5.19. The summed E-state index contributed by atoms with van der Waals surface area (Å²) >= 11 is 0. The van der Waals surface area contributed by atoms with Gasteiger partial charge < -0.3 is 5.32 Å². The van der Waals surface area contributed by atoms with Crippen LogP contribution in [0, 0.1) is 0 Å². The molecule has 1 saturated carbocycles. The Morgan fingerprint density at radius 2 is 1.84 bits per heavy atom. The monoisotopic (exact) mass is 253 g/mol. The first-order valence-corrected chi connectivity index (χ1v) is 6.92. The molecule has 0 amide bonds. The van der Waals surface area contributed by atoms with Crippen LogP contribution in [0.25, 0.3) is 0 Å². The van der Waals surface area contributed by atoms with E-state index in [2.05, 4.69) is 39.8 Å². The highest BCUT2D eigenvalue weighted by molar-refractivity contribution is 5.33. The third kappa shape index (κ3) is 2.51. The zero-order valence-electron chi connectivity index (χ0n) is 11.2. The third-order valence-corrected chi connectivity index (χ3v) is 4.08. The minimum absolute atomic E-state index is 0.186. The summed E-state index contributed by atoms with van der Waals surface area (Å²) in [6, 6.07) is 11.2. The van der Waals surface area contributed by atoms with Crippen molar-refractivity contribution in [3.63, 3.8) is 0 Å². The topological polar surface area (TPSA) is 37.8 Å². The van der Waals surface area contributed by atoms with Crippen molar-refractivity contribution in [2.24, 2.45) is 0 Å². The summed E-state index contributed by atoms with van der Waals surface area (Å²) in [6.45, 7) is 0. The van der Waals surface area contributed by atoms with Crippen LogP contribution >= 0.6 is 0 Å². The lowest BCUT2D eigenvalue weighted by Gasteiger charge is -2.26. The van der Waals surface area contributed by atoms with Crippen LogP contribution in [-0.4, -0.2) is 17.2 Å². The van der Waals surface area contributed by atoms with Gasteiger partial charge in [-0.25, -0.2) is 0 Å². The van der Waals surface area contributed by atoms with Gasteiger partial charge in [-0.2, -0.15) is 10.2 Å². The lowest BCUT2D eigenvalue weighted by atomic mass is 9.79. The van der Waals surface area contributed by atoms with Gasteiger partial charge in [0.1, 0.15) is 0 Å². The first-order valence-electron chi connectivity index (χ1n) is 6.92. The number of rotatable bonds is 4. The minimum Gasteiger partial charge on any atom is -0.309 e. The normalized spacial score (nSPS) is 16.9. The van der Waals surface area contributed by atoms with E-state index in [1.165, 1.54) is 30.4 Å². The molecular weight excluding hydrogens is 234 g/mol. The average Bonchev–Trinajstić information content (AvgIpc) is 2.41. The van der Waals surface area contributed by atoms with E-state index in [9.17, 15) is 0 Å². The molecule has 1 aromatic heterocycles. The summed E-state index contributed by atoms with van der Waals surface area (Å²) in [7, 11) is 1.98. The van der Waals surface area contributed by atoms with E-state index in [1.807, 2.05) is 19.3 Å². The molecule has 1 aromatic carbocycles. The maximum atomic E-state index is 3.96. The minimum atomic E-state index is 0.186. The molecule has 1 unspecified atom stereocenters. The molecule has 2 aromatic rings. The molecule has 3 heteroatoms. The smallest absolute Gasteiger partial charge is 0.0590 e. The number of nitrogens with zero attached hydrogens (tertiary/aromatic N) is 2. The summed E-state index contributed by atoms with van der Waals surface area (Å²) in [6.07, 6.45) is 7.64. The van der Waals surface area contributed by atoms with Gasteiger partial charge >= 0.3 is 0 Å². The van der Waals surface area contributed by atoms with Gasteiger partial charge in [-0.15, -0.1) is 0 Å². The van der Waals surface area contributed by atoms with Crippen molar-refractivity contribution in [3.05, 3.63) is 59.4 Å². The van der Waals surface area contributed by atoms with Crippen LogP contribution in [0.3, 0.4) is 0 Å². The molecule has 0 bridgehead atoms. The van der Waals surface area contributed by atoms with Crippen molar-refractivity contribution < 1.29 is 0 Å². The Labute approximate surface area is 114 Å². The van der Waals surface area contributed by atoms with Crippen molar-refractivity contribution >= 4 is 0 Å². The standard InChI is InChI=1S/C16H19N3/c1-17-16(15-9-10-18-19-11-15)14-7-5-13(6-8-14)12-3-2-4-12/h5-12,16-17H,2-4H2,1H3. The largest absolute Gasteiger partial charge is 0.309 e. The quantitative estimate of drug-likeness (QED) is 0.910. The summed E-state index contributed by atoms with van der Waals surface area (Å²) in [5, 5.41) is 11.1. The lowest BCUT2D eigenvalue weighted by Crippen LogP contribution is -2.18. The number of hydrogen-bond donors (Lipinski definition) is 1. The molecule has 1 N–H and O–H groups in total. The van der Waals surface area contributed by atoms with Crippen LogP contribution in [0.2, 0.25) is 0 Å². The molecule has 0 spiro atoms. The van der Waals surface area contributed by atoms with Gasteiger partial charge in [0, 0.05) is 6.20 Å². The van der Waals surface area contributed by atoms with Crippen LogP contribution in [0.15, 0.2) is 42.7 Å². The van der Waals surface area contributed by atoms with Gasteiger partial charge in [0.15, 0.2) is 0 Å². The van der Waals surface area contributed by atoms with Gasteiger partial charge in [-0.1, -0.05) is 30.7 Å². The first kappa shape index (κ1) is 12.3. The van der Waals surface area contributed by atoms with Gasteiger partial charge in [0.2, 0.25) is 0 Å². The molecule has 1 aliphatic rings. The fourth-order valence-electron chi connectivity index (χ4n) is 2.70. The molecule has 1 atom stereocenters. The maximum Gasteiger partial charge on any atom is 0.0590 e. The summed E-state index contributed by atoms with van der Waals surface area (Å²) in [5.41, 5.74) is 3.91. The van der Waals surface area contributed by atoms with Crippen LogP contribution in [-0.2, 0) is 0 Å². The first-order chi connectivity index (χ1) is 9.38. The van der Waals surface area contributed by atoms with Crippen molar-refractivity contribution in [1.29, 1.82) is 0 Å². The SMILES string of the molecule is CNC(c1ccc(C2CCC2)cc1)c1ccnnc1. The van der Waals surface area contributed by atoms with Crippen molar-refractivity contribution in [3.8, 4) is 0 Å². The van der Waals surface area contributed by atoms with Crippen LogP contribution < -0.4 is 5.32 Å². The number of benzene rings is 1. The fraction of sp³-hybridized carbons (Fsp3) is 0.375. The second-order valence-corrected chi connectivity index (χ2v) is 5.19. The Balaban J connectivity index is 1.83. The molecule has 3 nitrogen and oxygen atoms in total. The summed E-state index contributed by atoms with van der Waals surface area (Å²) < 4.78 is 0. The number of nitrogens with one attached hydrogen (secondary N) is 1. The molecule has 1 fully saturated rings. The van der Waals surface area contributed by atoms with Crippen LogP contribution in [0.1, 0.15) is 47.9 Å². The van der Waals surface area contributed by atoms with E-state index >= 15 is 0 Å². The fourth-order valence-corrected chi connectivity index (χ4v) is 2.70. The highest BCUT2D eigenvalue weighted by atomic mass is 15.1. The highest BCUT2D eigenvalue weighted by Crippen LogP contribution is 2.36. The van der Waals surface area contributed by atoms with Gasteiger partial charge in [0.25, 0.3) is 0 Å². The lowest BCUT2D eigenvalue weighted by molar-refractivity contribution is 0.419. The van der Waals surface area contributed by atoms with E-state index in [0.29, 0.717) is 0 Å². The zero-order valence-corrected chi connectivity index (χ0v) is 11.2. The van der Waals surface area contributed by atoms with Crippen LogP contribution in [0.5, 0.6) is 0 Å². The average molecular weight is 253 g/mol. The molecule has 0 aliphatic heterocycles. The van der Waals surface area contributed by atoms with Crippen molar-refractivity contribution in [2.45, 2.75) is 31.2 Å². The Kier molecular flexibility index (Phi) is 3.56. The predicted octanol–water partition coefficient (Wildman–Crippen LogP) is 3.05. The molecular formula is C16H19N3. The molecule has 1 heterocycles. The summed E-state index contributed by atoms with van der Waals surface area (Å²) in [5.74, 6) is 0.796. The van der Waals surface area contributed by atoms with Gasteiger partial charge in [-0.05, 0) is 48.6 Å².